The molecule has 0 aliphatic heterocycles. The first-order valence-electron chi connectivity index (χ1n) is 5.26. The number of hydrogen-bond acceptors (Lipinski definition) is 4. The van der Waals surface area contributed by atoms with Crippen molar-refractivity contribution < 1.29 is 15.0 Å². The second-order valence-corrected chi connectivity index (χ2v) is 4.39. The molecule has 0 unspecified atom stereocenters. The number of rotatable bonds is 5. The molecule has 0 atom stereocenters. The Hall–Kier alpha value is -1.01. The van der Waals surface area contributed by atoms with Gasteiger partial charge in [-0.2, -0.15) is 0 Å². The number of nitrogens with zero attached hydrogens (tertiary/aromatic N) is 1. The van der Waals surface area contributed by atoms with Crippen molar-refractivity contribution in [2.75, 3.05) is 32.0 Å². The number of aliphatic hydroxyl groups is 2. The molecule has 0 aromatic heterocycles. The molecule has 0 aliphatic rings. The predicted octanol–water partition coefficient (Wildman–Crippen LogP) is 1.00. The van der Waals surface area contributed by atoms with Crippen LogP contribution in [0.25, 0.3) is 0 Å². The molecule has 0 heterocycles. The average Bonchev–Trinajstić information content (AvgIpc) is 2.32. The van der Waals surface area contributed by atoms with E-state index in [0.717, 1.165) is 0 Å². The largest absolute Gasteiger partial charge is 0.399 e. The number of amides is 1. The van der Waals surface area contributed by atoms with E-state index in [9.17, 15) is 4.79 Å². The molecule has 4 N–H and O–H groups in total. The lowest BCUT2D eigenvalue weighted by Gasteiger charge is -2.21. The highest BCUT2D eigenvalue weighted by Gasteiger charge is 2.19. The summed E-state index contributed by atoms with van der Waals surface area (Å²) < 4.78 is 0. The van der Waals surface area contributed by atoms with Gasteiger partial charge in [0.1, 0.15) is 0 Å². The molecular weight excluding hydrogens is 279 g/mol. The fraction of sp³-hybridized carbons (Fsp3) is 0.364. The van der Waals surface area contributed by atoms with Gasteiger partial charge in [0, 0.05) is 18.8 Å². The minimum atomic E-state index is -0.433. The third kappa shape index (κ3) is 3.49. The van der Waals surface area contributed by atoms with Crippen LogP contribution in [0.3, 0.4) is 0 Å². The zero-order chi connectivity index (χ0) is 13.7. The van der Waals surface area contributed by atoms with Gasteiger partial charge in [0.25, 0.3) is 5.91 Å². The molecule has 1 aromatic carbocycles. The van der Waals surface area contributed by atoms with Crippen LogP contribution in [0.1, 0.15) is 10.4 Å². The van der Waals surface area contributed by atoms with Gasteiger partial charge in [-0.25, -0.2) is 0 Å². The molecule has 0 saturated carbocycles. The summed E-state index contributed by atoms with van der Waals surface area (Å²) >= 11 is 11.8. The number of aliphatic hydroxyl groups excluding tert-OH is 2. The van der Waals surface area contributed by atoms with Crippen LogP contribution in [0.15, 0.2) is 12.1 Å². The molecule has 1 rings (SSSR count). The highest BCUT2D eigenvalue weighted by molar-refractivity contribution is 6.44. The van der Waals surface area contributed by atoms with Crippen molar-refractivity contribution >= 4 is 34.8 Å². The summed E-state index contributed by atoms with van der Waals surface area (Å²) in [5.74, 6) is -0.433. The summed E-state index contributed by atoms with van der Waals surface area (Å²) in [6.45, 7) is -0.219. The van der Waals surface area contributed by atoms with E-state index >= 15 is 0 Å². The van der Waals surface area contributed by atoms with Gasteiger partial charge in [-0.1, -0.05) is 23.2 Å². The number of carbonyl (C=O) groups excluding carboxylic acids is 1. The molecule has 100 valence electrons. The van der Waals surface area contributed by atoms with Crippen molar-refractivity contribution in [3.63, 3.8) is 0 Å². The SMILES string of the molecule is Nc1cc(Cl)c(Cl)c(C(=O)N(CCO)CCO)c1. The molecule has 1 amide bonds. The van der Waals surface area contributed by atoms with Gasteiger partial charge < -0.3 is 20.8 Å². The minimum Gasteiger partial charge on any atom is -0.399 e. The average molecular weight is 293 g/mol. The zero-order valence-corrected chi connectivity index (χ0v) is 11.1. The van der Waals surface area contributed by atoms with Crippen molar-refractivity contribution in [3.05, 3.63) is 27.7 Å². The number of halogens is 2. The first-order valence-corrected chi connectivity index (χ1v) is 6.02. The van der Waals surface area contributed by atoms with E-state index in [-0.39, 0.29) is 41.9 Å². The fourth-order valence-electron chi connectivity index (χ4n) is 1.49. The Kier molecular flexibility index (Phi) is 5.68. The Labute approximate surface area is 115 Å². The molecule has 0 bridgehead atoms. The standard InChI is InChI=1S/C11H14Cl2N2O3/c12-9-6-7(14)5-8(10(9)13)11(18)15(1-3-16)2-4-17/h5-6,16-17H,1-4,14H2. The minimum absolute atomic E-state index is 0.0993. The summed E-state index contributed by atoms with van der Waals surface area (Å²) in [7, 11) is 0. The molecule has 0 aliphatic carbocycles. The van der Waals surface area contributed by atoms with Crippen LogP contribution in [-0.4, -0.2) is 47.3 Å². The number of hydrogen-bond donors (Lipinski definition) is 3. The van der Waals surface area contributed by atoms with Crippen molar-refractivity contribution in [3.8, 4) is 0 Å². The van der Waals surface area contributed by atoms with E-state index in [4.69, 9.17) is 39.1 Å². The number of nitrogen functional groups attached to an aromatic ring is 1. The Morgan fingerprint density at radius 1 is 1.22 bits per heavy atom. The molecule has 0 fully saturated rings. The van der Waals surface area contributed by atoms with Gasteiger partial charge in [-0.05, 0) is 12.1 Å². The Morgan fingerprint density at radius 2 is 1.78 bits per heavy atom. The third-order valence-electron chi connectivity index (χ3n) is 2.31. The first kappa shape index (κ1) is 15.0. The van der Waals surface area contributed by atoms with E-state index in [1.54, 1.807) is 0 Å². The third-order valence-corrected chi connectivity index (χ3v) is 3.11. The zero-order valence-electron chi connectivity index (χ0n) is 9.57. The van der Waals surface area contributed by atoms with E-state index in [2.05, 4.69) is 0 Å². The van der Waals surface area contributed by atoms with Gasteiger partial charge in [-0.3, -0.25) is 4.79 Å². The normalized spacial score (nSPS) is 10.4. The van der Waals surface area contributed by atoms with Gasteiger partial charge in [0.05, 0.1) is 28.8 Å². The second kappa shape index (κ2) is 6.80. The topological polar surface area (TPSA) is 86.8 Å². The number of carbonyl (C=O) groups is 1. The monoisotopic (exact) mass is 292 g/mol. The predicted molar refractivity (Wildman–Crippen MR) is 70.9 cm³/mol. The quantitative estimate of drug-likeness (QED) is 0.707. The summed E-state index contributed by atoms with van der Waals surface area (Å²) in [5.41, 5.74) is 6.08. The van der Waals surface area contributed by atoms with Crippen LogP contribution in [0.5, 0.6) is 0 Å². The highest BCUT2D eigenvalue weighted by Crippen LogP contribution is 2.29. The molecule has 5 nitrogen and oxygen atoms in total. The summed E-state index contributed by atoms with van der Waals surface area (Å²) in [6, 6.07) is 2.86. The van der Waals surface area contributed by atoms with Crippen LogP contribution in [-0.2, 0) is 0 Å². The lowest BCUT2D eigenvalue weighted by atomic mass is 10.1. The maximum Gasteiger partial charge on any atom is 0.255 e. The van der Waals surface area contributed by atoms with E-state index in [1.165, 1.54) is 17.0 Å². The van der Waals surface area contributed by atoms with Crippen LogP contribution in [0, 0.1) is 0 Å². The van der Waals surface area contributed by atoms with Crippen molar-refractivity contribution in [1.82, 2.24) is 4.90 Å². The van der Waals surface area contributed by atoms with Crippen LogP contribution in [0.4, 0.5) is 5.69 Å². The Bertz CT molecular complexity index is 435. The van der Waals surface area contributed by atoms with Crippen LogP contribution in [0.2, 0.25) is 10.0 Å². The summed E-state index contributed by atoms with van der Waals surface area (Å²) in [4.78, 5) is 13.4. The molecule has 1 aromatic rings. The second-order valence-electron chi connectivity index (χ2n) is 3.60. The molecule has 0 radical (unpaired) electrons. The van der Waals surface area contributed by atoms with Gasteiger partial charge in [0.15, 0.2) is 0 Å². The summed E-state index contributed by atoms with van der Waals surface area (Å²) in [6.07, 6.45) is 0. The van der Waals surface area contributed by atoms with Gasteiger partial charge in [0.2, 0.25) is 0 Å². The first-order chi connectivity index (χ1) is 8.51. The lowest BCUT2D eigenvalue weighted by Crippen LogP contribution is -2.36. The van der Waals surface area contributed by atoms with E-state index in [1.807, 2.05) is 0 Å². The van der Waals surface area contributed by atoms with E-state index in [0.29, 0.717) is 5.69 Å². The Balaban J connectivity index is 3.07. The summed E-state index contributed by atoms with van der Waals surface area (Å²) in [5, 5.41) is 18.1. The molecule has 7 heteroatoms. The fourth-order valence-corrected chi connectivity index (χ4v) is 1.91. The lowest BCUT2D eigenvalue weighted by molar-refractivity contribution is 0.0685. The maximum absolute atomic E-state index is 12.2. The number of anilines is 1. The number of nitrogens with two attached hydrogens (primary N) is 1. The van der Waals surface area contributed by atoms with Crippen LogP contribution >= 0.6 is 23.2 Å². The van der Waals surface area contributed by atoms with Crippen molar-refractivity contribution in [2.45, 2.75) is 0 Å². The van der Waals surface area contributed by atoms with Crippen molar-refractivity contribution in [1.29, 1.82) is 0 Å². The Morgan fingerprint density at radius 3 is 2.28 bits per heavy atom. The molecule has 0 saturated heterocycles. The number of benzene rings is 1. The van der Waals surface area contributed by atoms with Crippen molar-refractivity contribution in [2.24, 2.45) is 0 Å². The molecular formula is C11H14Cl2N2O3. The van der Waals surface area contributed by atoms with Gasteiger partial charge in [-0.15, -0.1) is 0 Å². The van der Waals surface area contributed by atoms with E-state index < -0.39 is 5.91 Å². The molecule has 18 heavy (non-hydrogen) atoms. The molecule has 0 spiro atoms. The smallest absolute Gasteiger partial charge is 0.255 e. The highest BCUT2D eigenvalue weighted by atomic mass is 35.5. The maximum atomic E-state index is 12.2. The van der Waals surface area contributed by atoms with Crippen LogP contribution < -0.4 is 5.73 Å². The van der Waals surface area contributed by atoms with Gasteiger partial charge >= 0.3 is 0 Å².